The maximum atomic E-state index is 5.90. The van der Waals surface area contributed by atoms with Gasteiger partial charge in [-0.05, 0) is 48.7 Å². The molecule has 1 fully saturated rings. The molecule has 0 aromatic heterocycles. The van der Waals surface area contributed by atoms with Crippen LogP contribution in [0.15, 0.2) is 65.9 Å². The van der Waals surface area contributed by atoms with E-state index in [2.05, 4.69) is 53.0 Å². The summed E-state index contributed by atoms with van der Waals surface area (Å²) in [5.41, 5.74) is 11.6. The van der Waals surface area contributed by atoms with Crippen LogP contribution in [0.4, 0.5) is 5.69 Å². The van der Waals surface area contributed by atoms with E-state index < -0.39 is 0 Å². The summed E-state index contributed by atoms with van der Waals surface area (Å²) in [5, 5.41) is 0.748. The van der Waals surface area contributed by atoms with Gasteiger partial charge in [-0.2, -0.15) is 0 Å². The maximum absolute atomic E-state index is 5.90. The molecule has 0 spiro atoms. The minimum absolute atomic E-state index is 0.748. The van der Waals surface area contributed by atoms with Crippen LogP contribution in [0.5, 0.6) is 0 Å². The third-order valence-electron chi connectivity index (χ3n) is 4.16. The van der Waals surface area contributed by atoms with Crippen LogP contribution in [0.25, 0.3) is 0 Å². The Bertz CT molecular complexity index is 665. The van der Waals surface area contributed by atoms with E-state index in [4.69, 9.17) is 11.6 Å². The van der Waals surface area contributed by atoms with Gasteiger partial charge in [0.2, 0.25) is 0 Å². The molecule has 1 aliphatic heterocycles. The molecule has 0 radical (unpaired) electrons. The van der Waals surface area contributed by atoms with Crippen LogP contribution in [-0.4, -0.2) is 18.0 Å². The van der Waals surface area contributed by atoms with Crippen LogP contribution in [0, 0.1) is 0 Å². The van der Waals surface area contributed by atoms with Crippen LogP contribution >= 0.6 is 11.6 Å². The second kappa shape index (κ2) is 7.53. The zero-order chi connectivity index (χ0) is 16.1. The van der Waals surface area contributed by atoms with Crippen molar-refractivity contribution in [2.24, 2.45) is 0 Å². The fourth-order valence-electron chi connectivity index (χ4n) is 2.79. The van der Waals surface area contributed by atoms with Crippen LogP contribution in [0.1, 0.15) is 18.9 Å². The molecule has 4 heteroatoms. The van der Waals surface area contributed by atoms with Crippen LogP contribution in [0.2, 0.25) is 5.02 Å². The van der Waals surface area contributed by atoms with Crippen molar-refractivity contribution >= 4 is 17.3 Å². The Labute approximate surface area is 142 Å². The normalized spacial score (nSPS) is 17.1. The Morgan fingerprint density at radius 1 is 1.09 bits per heavy atom. The third kappa shape index (κ3) is 4.50. The van der Waals surface area contributed by atoms with E-state index >= 15 is 0 Å². The topological polar surface area (TPSA) is 27.3 Å². The summed E-state index contributed by atoms with van der Waals surface area (Å²) >= 11 is 5.90. The molecule has 0 unspecified atom stereocenters. The molecule has 0 saturated carbocycles. The fraction of sp³-hybridized carbons (Fsp3) is 0.263. The number of halogens is 1. The molecule has 1 aliphatic rings. The number of nitrogens with one attached hydrogen (secondary N) is 2. The van der Waals surface area contributed by atoms with Crippen molar-refractivity contribution in [1.82, 2.24) is 10.3 Å². The summed E-state index contributed by atoms with van der Waals surface area (Å²) in [6.45, 7) is 5.28. The lowest BCUT2D eigenvalue weighted by Gasteiger charge is -2.15. The van der Waals surface area contributed by atoms with Gasteiger partial charge < -0.3 is 10.9 Å². The van der Waals surface area contributed by atoms with E-state index in [0.29, 0.717) is 0 Å². The molecule has 2 aromatic rings. The van der Waals surface area contributed by atoms with Gasteiger partial charge in [0.05, 0.1) is 5.69 Å². The number of benzene rings is 2. The number of hydrogen-bond acceptors (Lipinski definition) is 3. The molecule has 3 rings (SSSR count). The largest absolute Gasteiger partial charge is 0.305 e. The number of rotatable bonds is 5. The average molecular weight is 328 g/mol. The highest BCUT2D eigenvalue weighted by molar-refractivity contribution is 6.30. The first-order valence-corrected chi connectivity index (χ1v) is 8.31. The molecule has 23 heavy (non-hydrogen) atoms. The summed E-state index contributed by atoms with van der Waals surface area (Å²) < 4.78 is 0. The lowest BCUT2D eigenvalue weighted by Crippen LogP contribution is -2.22. The van der Waals surface area contributed by atoms with Gasteiger partial charge in [-0.25, -0.2) is 0 Å². The van der Waals surface area contributed by atoms with Gasteiger partial charge in [0, 0.05) is 30.4 Å². The van der Waals surface area contributed by atoms with Crippen LogP contribution in [0.3, 0.4) is 0 Å². The molecule has 1 saturated heterocycles. The van der Waals surface area contributed by atoms with E-state index in [1.165, 1.54) is 16.8 Å². The van der Waals surface area contributed by atoms with Gasteiger partial charge in [-0.15, -0.1) is 0 Å². The minimum Gasteiger partial charge on any atom is -0.305 e. The smallest absolute Gasteiger partial charge is 0.0540 e. The number of hydrazine groups is 1. The Balaban J connectivity index is 1.54. The molecule has 2 aromatic carbocycles. The summed E-state index contributed by atoms with van der Waals surface area (Å²) in [7, 11) is 0. The molecule has 2 N–H and O–H groups in total. The highest BCUT2D eigenvalue weighted by Gasteiger charge is 2.18. The Hall–Kier alpha value is -1.97. The number of anilines is 1. The standard InChI is InChI=1S/C19H22ClN3/c1-15(21-22-19-9-7-18(20)8-10-19)17-11-12-23(14-17)13-16-5-3-2-4-6-16/h2-10,21-22H,11-14H2,1H3. The van der Waals surface area contributed by atoms with Gasteiger partial charge in [0.15, 0.2) is 0 Å². The third-order valence-corrected chi connectivity index (χ3v) is 4.41. The SMILES string of the molecule is CC(NNc1ccc(Cl)cc1)=C1CCN(Cc2ccccc2)C1. The molecule has 3 nitrogen and oxygen atoms in total. The van der Waals surface area contributed by atoms with E-state index in [1.807, 2.05) is 24.3 Å². The van der Waals surface area contributed by atoms with Crippen LogP contribution < -0.4 is 10.9 Å². The first kappa shape index (κ1) is 15.9. The van der Waals surface area contributed by atoms with E-state index in [-0.39, 0.29) is 0 Å². The number of nitrogens with zero attached hydrogens (tertiary/aromatic N) is 1. The molecule has 1 heterocycles. The molecule has 120 valence electrons. The highest BCUT2D eigenvalue weighted by atomic mass is 35.5. The monoisotopic (exact) mass is 327 g/mol. The van der Waals surface area contributed by atoms with Crippen molar-refractivity contribution in [3.63, 3.8) is 0 Å². The molecule has 0 atom stereocenters. The zero-order valence-electron chi connectivity index (χ0n) is 13.3. The van der Waals surface area contributed by atoms with E-state index in [1.54, 1.807) is 0 Å². The number of hydrogen-bond donors (Lipinski definition) is 2. The van der Waals surface area contributed by atoms with Gasteiger partial charge in [-0.3, -0.25) is 4.90 Å². The molecule has 0 bridgehead atoms. The average Bonchev–Trinajstić information content (AvgIpc) is 3.03. The summed E-state index contributed by atoms with van der Waals surface area (Å²) in [6.07, 6.45) is 1.12. The Morgan fingerprint density at radius 3 is 2.57 bits per heavy atom. The van der Waals surface area contributed by atoms with Gasteiger partial charge in [0.25, 0.3) is 0 Å². The molecule has 0 amide bonds. The van der Waals surface area contributed by atoms with Crippen molar-refractivity contribution in [1.29, 1.82) is 0 Å². The lowest BCUT2D eigenvalue weighted by molar-refractivity contribution is 0.337. The van der Waals surface area contributed by atoms with Crippen molar-refractivity contribution in [3.05, 3.63) is 76.5 Å². The van der Waals surface area contributed by atoms with E-state index in [9.17, 15) is 0 Å². The molecular formula is C19H22ClN3. The molecule has 0 aliphatic carbocycles. The van der Waals surface area contributed by atoms with Crippen molar-refractivity contribution in [2.75, 3.05) is 18.5 Å². The first-order valence-electron chi connectivity index (χ1n) is 7.93. The van der Waals surface area contributed by atoms with E-state index in [0.717, 1.165) is 36.8 Å². The van der Waals surface area contributed by atoms with Crippen molar-refractivity contribution in [2.45, 2.75) is 19.9 Å². The van der Waals surface area contributed by atoms with Crippen molar-refractivity contribution < 1.29 is 0 Å². The van der Waals surface area contributed by atoms with Crippen molar-refractivity contribution in [3.8, 4) is 0 Å². The zero-order valence-corrected chi connectivity index (χ0v) is 14.1. The minimum atomic E-state index is 0.748. The number of allylic oxidation sites excluding steroid dienone is 1. The summed E-state index contributed by atoms with van der Waals surface area (Å²) in [4.78, 5) is 2.48. The quantitative estimate of drug-likeness (QED) is 0.795. The summed E-state index contributed by atoms with van der Waals surface area (Å²) in [5.74, 6) is 0. The maximum Gasteiger partial charge on any atom is 0.0540 e. The lowest BCUT2D eigenvalue weighted by atomic mass is 10.2. The Kier molecular flexibility index (Phi) is 5.21. The highest BCUT2D eigenvalue weighted by Crippen LogP contribution is 2.20. The predicted molar refractivity (Wildman–Crippen MR) is 97.2 cm³/mol. The van der Waals surface area contributed by atoms with Gasteiger partial charge in [0.1, 0.15) is 0 Å². The fourth-order valence-corrected chi connectivity index (χ4v) is 2.92. The Morgan fingerprint density at radius 2 is 1.83 bits per heavy atom. The summed E-state index contributed by atoms with van der Waals surface area (Å²) in [6, 6.07) is 18.3. The second-order valence-electron chi connectivity index (χ2n) is 5.93. The van der Waals surface area contributed by atoms with Gasteiger partial charge in [-0.1, -0.05) is 41.9 Å². The molecular weight excluding hydrogens is 306 g/mol. The number of likely N-dealkylation sites (tertiary alicyclic amines) is 1. The second-order valence-corrected chi connectivity index (χ2v) is 6.37. The predicted octanol–water partition coefficient (Wildman–Crippen LogP) is 4.44. The van der Waals surface area contributed by atoms with Crippen LogP contribution in [-0.2, 0) is 6.54 Å². The first-order chi connectivity index (χ1) is 11.2. The van der Waals surface area contributed by atoms with Gasteiger partial charge >= 0.3 is 0 Å².